The third-order valence-electron chi connectivity index (χ3n) is 3.74. The molecule has 0 saturated heterocycles. The highest BCUT2D eigenvalue weighted by Crippen LogP contribution is 2.25. The summed E-state index contributed by atoms with van der Waals surface area (Å²) in [7, 11) is 0. The summed E-state index contributed by atoms with van der Waals surface area (Å²) in [6.45, 7) is 2.02. The Labute approximate surface area is 161 Å². The van der Waals surface area contributed by atoms with Crippen molar-refractivity contribution in [1.82, 2.24) is 9.97 Å². The van der Waals surface area contributed by atoms with E-state index in [1.807, 2.05) is 37.3 Å². The zero-order valence-electron chi connectivity index (χ0n) is 13.9. The Balaban J connectivity index is 1.72. The average Bonchev–Trinajstić information content (AvgIpc) is 2.65. The van der Waals surface area contributed by atoms with Crippen molar-refractivity contribution in [3.05, 3.63) is 82.2 Å². The highest BCUT2D eigenvalue weighted by Gasteiger charge is 2.12. The van der Waals surface area contributed by atoms with Crippen LogP contribution >= 0.6 is 23.2 Å². The summed E-state index contributed by atoms with van der Waals surface area (Å²) in [5.41, 5.74) is 1.90. The summed E-state index contributed by atoms with van der Waals surface area (Å²) < 4.78 is 0. The average molecular weight is 387 g/mol. The van der Waals surface area contributed by atoms with Crippen LogP contribution in [-0.4, -0.2) is 15.9 Å². The van der Waals surface area contributed by atoms with Crippen LogP contribution in [0.2, 0.25) is 10.0 Å². The van der Waals surface area contributed by atoms with E-state index in [4.69, 9.17) is 23.2 Å². The number of rotatable bonds is 5. The lowest BCUT2D eigenvalue weighted by Gasteiger charge is -2.15. The Kier molecular flexibility index (Phi) is 5.71. The van der Waals surface area contributed by atoms with Gasteiger partial charge in [-0.1, -0.05) is 53.5 Å². The molecule has 0 aliphatic carbocycles. The molecule has 3 rings (SSSR count). The Morgan fingerprint density at radius 1 is 1.00 bits per heavy atom. The lowest BCUT2D eigenvalue weighted by atomic mass is 10.1. The number of anilines is 2. The SMILES string of the molecule is CC(Nc1cc(C(=O)Nc2ccc(Cl)c(Cl)c2)ncn1)c1ccccc1. The molecule has 5 nitrogen and oxygen atoms in total. The molecule has 0 radical (unpaired) electrons. The summed E-state index contributed by atoms with van der Waals surface area (Å²) in [6, 6.07) is 16.5. The van der Waals surface area contributed by atoms with Gasteiger partial charge >= 0.3 is 0 Å². The van der Waals surface area contributed by atoms with Gasteiger partial charge in [0.25, 0.3) is 5.91 Å². The first-order valence-corrected chi connectivity index (χ1v) is 8.68. The second-order valence-electron chi connectivity index (χ2n) is 5.65. The topological polar surface area (TPSA) is 66.9 Å². The van der Waals surface area contributed by atoms with Crippen molar-refractivity contribution in [2.75, 3.05) is 10.6 Å². The molecule has 0 saturated carbocycles. The standard InChI is InChI=1S/C19H16Cl2N4O/c1-12(13-5-3-2-4-6-13)24-18-10-17(22-11-23-18)19(26)25-14-7-8-15(20)16(21)9-14/h2-12H,1H3,(H,25,26)(H,22,23,24). The Morgan fingerprint density at radius 3 is 2.50 bits per heavy atom. The number of hydrogen-bond acceptors (Lipinski definition) is 4. The fourth-order valence-electron chi connectivity index (χ4n) is 2.38. The molecule has 1 heterocycles. The van der Waals surface area contributed by atoms with Crippen LogP contribution in [0.25, 0.3) is 0 Å². The quantitative estimate of drug-likeness (QED) is 0.631. The van der Waals surface area contributed by atoms with Crippen LogP contribution < -0.4 is 10.6 Å². The van der Waals surface area contributed by atoms with E-state index < -0.39 is 0 Å². The van der Waals surface area contributed by atoms with Crippen LogP contribution in [0, 0.1) is 0 Å². The molecule has 26 heavy (non-hydrogen) atoms. The van der Waals surface area contributed by atoms with Crippen molar-refractivity contribution in [3.63, 3.8) is 0 Å². The van der Waals surface area contributed by atoms with Gasteiger partial charge in [-0.2, -0.15) is 0 Å². The largest absolute Gasteiger partial charge is 0.363 e. The summed E-state index contributed by atoms with van der Waals surface area (Å²) in [6.07, 6.45) is 1.35. The maximum Gasteiger partial charge on any atom is 0.274 e. The first kappa shape index (κ1) is 18.2. The van der Waals surface area contributed by atoms with Gasteiger partial charge in [0.1, 0.15) is 17.8 Å². The van der Waals surface area contributed by atoms with E-state index in [2.05, 4.69) is 20.6 Å². The van der Waals surface area contributed by atoms with E-state index in [9.17, 15) is 4.79 Å². The summed E-state index contributed by atoms with van der Waals surface area (Å²) >= 11 is 11.8. The molecular weight excluding hydrogens is 371 g/mol. The van der Waals surface area contributed by atoms with Crippen molar-refractivity contribution in [2.45, 2.75) is 13.0 Å². The van der Waals surface area contributed by atoms with Crippen LogP contribution in [0.15, 0.2) is 60.9 Å². The van der Waals surface area contributed by atoms with Gasteiger partial charge in [0.2, 0.25) is 0 Å². The number of amides is 1. The molecule has 0 bridgehead atoms. The number of halogens is 2. The molecule has 2 N–H and O–H groups in total. The van der Waals surface area contributed by atoms with E-state index in [1.54, 1.807) is 24.3 Å². The number of hydrogen-bond donors (Lipinski definition) is 2. The number of carbonyl (C=O) groups excluding carboxylic acids is 1. The van der Waals surface area contributed by atoms with Crippen LogP contribution in [0.3, 0.4) is 0 Å². The Bertz CT molecular complexity index is 918. The van der Waals surface area contributed by atoms with Gasteiger partial charge < -0.3 is 10.6 Å². The van der Waals surface area contributed by atoms with Gasteiger partial charge in [0, 0.05) is 17.8 Å². The Morgan fingerprint density at radius 2 is 1.77 bits per heavy atom. The van der Waals surface area contributed by atoms with Crippen molar-refractivity contribution in [1.29, 1.82) is 0 Å². The lowest BCUT2D eigenvalue weighted by Crippen LogP contribution is -2.15. The fourth-order valence-corrected chi connectivity index (χ4v) is 2.67. The van der Waals surface area contributed by atoms with Gasteiger partial charge in [-0.3, -0.25) is 4.79 Å². The van der Waals surface area contributed by atoms with Crippen LogP contribution in [-0.2, 0) is 0 Å². The van der Waals surface area contributed by atoms with Crippen molar-refractivity contribution >= 4 is 40.6 Å². The van der Waals surface area contributed by atoms with Crippen molar-refractivity contribution < 1.29 is 4.79 Å². The van der Waals surface area contributed by atoms with E-state index >= 15 is 0 Å². The number of carbonyl (C=O) groups is 1. The zero-order chi connectivity index (χ0) is 18.5. The molecule has 3 aromatic rings. The zero-order valence-corrected chi connectivity index (χ0v) is 15.4. The van der Waals surface area contributed by atoms with Crippen molar-refractivity contribution in [2.24, 2.45) is 0 Å². The molecule has 1 aromatic heterocycles. The Hall–Kier alpha value is -2.63. The predicted octanol–water partition coefficient (Wildman–Crippen LogP) is 5.21. The highest BCUT2D eigenvalue weighted by atomic mass is 35.5. The molecule has 1 atom stereocenters. The molecule has 7 heteroatoms. The van der Waals surface area contributed by atoms with Gasteiger partial charge in [0.05, 0.1) is 10.0 Å². The molecule has 2 aromatic carbocycles. The molecule has 1 unspecified atom stereocenters. The lowest BCUT2D eigenvalue weighted by molar-refractivity contribution is 0.102. The normalized spacial score (nSPS) is 11.7. The van der Waals surface area contributed by atoms with E-state index in [0.29, 0.717) is 21.6 Å². The smallest absolute Gasteiger partial charge is 0.274 e. The maximum absolute atomic E-state index is 12.4. The molecule has 0 aliphatic rings. The second kappa shape index (κ2) is 8.17. The van der Waals surface area contributed by atoms with Gasteiger partial charge in [0.15, 0.2) is 0 Å². The summed E-state index contributed by atoms with van der Waals surface area (Å²) in [4.78, 5) is 20.6. The van der Waals surface area contributed by atoms with Gasteiger partial charge in [-0.05, 0) is 30.7 Å². The molecule has 0 fully saturated rings. The van der Waals surface area contributed by atoms with Crippen LogP contribution in [0.1, 0.15) is 29.0 Å². The van der Waals surface area contributed by atoms with Crippen molar-refractivity contribution in [3.8, 4) is 0 Å². The second-order valence-corrected chi connectivity index (χ2v) is 6.46. The first-order valence-electron chi connectivity index (χ1n) is 7.93. The predicted molar refractivity (Wildman–Crippen MR) is 105 cm³/mol. The monoisotopic (exact) mass is 386 g/mol. The van der Waals surface area contributed by atoms with E-state index in [0.717, 1.165) is 5.56 Å². The van der Waals surface area contributed by atoms with Crippen LogP contribution in [0.5, 0.6) is 0 Å². The minimum absolute atomic E-state index is 0.0390. The van der Waals surface area contributed by atoms with E-state index in [-0.39, 0.29) is 17.6 Å². The van der Waals surface area contributed by atoms with Gasteiger partial charge in [-0.25, -0.2) is 9.97 Å². The molecule has 0 aliphatic heterocycles. The first-order chi connectivity index (χ1) is 12.5. The minimum atomic E-state index is -0.360. The molecule has 1 amide bonds. The summed E-state index contributed by atoms with van der Waals surface area (Å²) in [5, 5.41) is 6.79. The van der Waals surface area contributed by atoms with Crippen LogP contribution in [0.4, 0.5) is 11.5 Å². The maximum atomic E-state index is 12.4. The third-order valence-corrected chi connectivity index (χ3v) is 4.48. The number of nitrogens with one attached hydrogen (secondary N) is 2. The number of benzene rings is 2. The number of nitrogens with zero attached hydrogens (tertiary/aromatic N) is 2. The molecule has 132 valence electrons. The number of aromatic nitrogens is 2. The third kappa shape index (κ3) is 4.50. The van der Waals surface area contributed by atoms with Gasteiger partial charge in [-0.15, -0.1) is 0 Å². The fraction of sp³-hybridized carbons (Fsp3) is 0.105. The highest BCUT2D eigenvalue weighted by molar-refractivity contribution is 6.42. The molecule has 0 spiro atoms. The van der Waals surface area contributed by atoms with E-state index in [1.165, 1.54) is 6.33 Å². The summed E-state index contributed by atoms with van der Waals surface area (Å²) in [5.74, 6) is 0.205. The minimum Gasteiger partial charge on any atom is -0.363 e. The molecular formula is C19H16Cl2N4O.